The van der Waals surface area contributed by atoms with Crippen LogP contribution in [-0.2, 0) is 11.3 Å². The van der Waals surface area contributed by atoms with Gasteiger partial charge in [0.15, 0.2) is 0 Å². The Labute approximate surface area is 107 Å². The van der Waals surface area contributed by atoms with Crippen LogP contribution in [0.5, 0.6) is 0 Å². The van der Waals surface area contributed by atoms with Gasteiger partial charge in [0.2, 0.25) is 0 Å². The Kier molecular flexibility index (Phi) is 4.20. The Morgan fingerprint density at radius 2 is 2.22 bits per heavy atom. The second-order valence-electron chi connectivity index (χ2n) is 4.68. The zero-order valence-electron chi connectivity index (χ0n) is 10.6. The molecule has 2 atom stereocenters. The van der Waals surface area contributed by atoms with E-state index in [-0.39, 0.29) is 18.7 Å². The minimum absolute atomic E-state index is 0.103. The van der Waals surface area contributed by atoms with E-state index >= 15 is 0 Å². The highest BCUT2D eigenvalue weighted by Gasteiger charge is 2.32. The minimum atomic E-state index is -0.503. The Balaban J connectivity index is 1.88. The fraction of sp³-hybridized carbons (Fsp3) is 0.500. The van der Waals surface area contributed by atoms with E-state index in [1.807, 2.05) is 30.3 Å². The van der Waals surface area contributed by atoms with Gasteiger partial charge in [-0.05, 0) is 25.3 Å². The highest BCUT2D eigenvalue weighted by molar-refractivity contribution is 5.68. The van der Waals surface area contributed by atoms with E-state index in [0.717, 1.165) is 18.4 Å². The van der Waals surface area contributed by atoms with E-state index in [9.17, 15) is 9.90 Å². The predicted molar refractivity (Wildman–Crippen MR) is 68.0 cm³/mol. The lowest BCUT2D eigenvalue weighted by molar-refractivity contribution is 0.0551. The van der Waals surface area contributed by atoms with Crippen molar-refractivity contribution in [1.82, 2.24) is 4.90 Å². The monoisotopic (exact) mass is 249 g/mol. The average Bonchev–Trinajstić information content (AvgIpc) is 2.86. The smallest absolute Gasteiger partial charge is 0.410 e. The maximum atomic E-state index is 11.9. The van der Waals surface area contributed by atoms with Crippen molar-refractivity contribution in [3.63, 3.8) is 0 Å². The molecule has 2 rings (SSSR count). The van der Waals surface area contributed by atoms with Gasteiger partial charge < -0.3 is 14.7 Å². The van der Waals surface area contributed by atoms with Crippen LogP contribution in [0.25, 0.3) is 0 Å². The van der Waals surface area contributed by atoms with Crippen LogP contribution in [0, 0.1) is 0 Å². The summed E-state index contributed by atoms with van der Waals surface area (Å²) >= 11 is 0. The minimum Gasteiger partial charge on any atom is -0.445 e. The highest BCUT2D eigenvalue weighted by atomic mass is 16.6. The molecule has 4 nitrogen and oxygen atoms in total. The molecule has 0 aromatic heterocycles. The number of nitrogens with zero attached hydrogens (tertiary/aromatic N) is 1. The van der Waals surface area contributed by atoms with Crippen LogP contribution in [0.4, 0.5) is 4.79 Å². The molecule has 0 radical (unpaired) electrons. The van der Waals surface area contributed by atoms with Crippen molar-refractivity contribution >= 4 is 6.09 Å². The molecule has 1 amide bonds. The summed E-state index contributed by atoms with van der Waals surface area (Å²) in [5.41, 5.74) is 0.971. The van der Waals surface area contributed by atoms with Gasteiger partial charge in [0, 0.05) is 6.54 Å². The Morgan fingerprint density at radius 1 is 1.50 bits per heavy atom. The van der Waals surface area contributed by atoms with Gasteiger partial charge in [-0.2, -0.15) is 0 Å². The van der Waals surface area contributed by atoms with Crippen LogP contribution in [0.1, 0.15) is 25.3 Å². The second kappa shape index (κ2) is 5.87. The maximum absolute atomic E-state index is 11.9. The number of hydrogen-bond donors (Lipinski definition) is 1. The quantitative estimate of drug-likeness (QED) is 0.893. The summed E-state index contributed by atoms with van der Waals surface area (Å²) in [5.74, 6) is 0. The van der Waals surface area contributed by atoms with E-state index in [1.54, 1.807) is 11.8 Å². The third-order valence-corrected chi connectivity index (χ3v) is 3.30. The molecule has 1 aromatic rings. The van der Waals surface area contributed by atoms with Crippen molar-refractivity contribution < 1.29 is 14.6 Å². The molecular weight excluding hydrogens is 230 g/mol. The molecule has 0 spiro atoms. The summed E-state index contributed by atoms with van der Waals surface area (Å²) in [7, 11) is 0. The zero-order chi connectivity index (χ0) is 13.0. The molecule has 1 saturated heterocycles. The van der Waals surface area contributed by atoms with Crippen molar-refractivity contribution in [2.45, 2.75) is 38.5 Å². The molecule has 1 heterocycles. The van der Waals surface area contributed by atoms with Crippen LogP contribution in [0.3, 0.4) is 0 Å². The summed E-state index contributed by atoms with van der Waals surface area (Å²) in [4.78, 5) is 13.6. The lowest BCUT2D eigenvalue weighted by Gasteiger charge is -2.26. The molecule has 1 aromatic carbocycles. The van der Waals surface area contributed by atoms with Crippen LogP contribution in [0.15, 0.2) is 30.3 Å². The molecule has 1 aliphatic rings. The largest absolute Gasteiger partial charge is 0.445 e. The van der Waals surface area contributed by atoms with Gasteiger partial charge in [-0.3, -0.25) is 0 Å². The van der Waals surface area contributed by atoms with Crippen molar-refractivity contribution in [3.05, 3.63) is 35.9 Å². The average molecular weight is 249 g/mol. The SMILES string of the molecule is CC(O)[C@H]1CCCN1C(=O)OCc1ccccc1. The summed E-state index contributed by atoms with van der Waals surface area (Å²) in [5, 5.41) is 9.61. The number of likely N-dealkylation sites (tertiary alicyclic amines) is 1. The molecule has 98 valence electrons. The molecule has 1 N–H and O–H groups in total. The Bertz CT molecular complexity index is 391. The maximum Gasteiger partial charge on any atom is 0.410 e. The van der Waals surface area contributed by atoms with Crippen molar-refractivity contribution in [1.29, 1.82) is 0 Å². The van der Waals surface area contributed by atoms with E-state index < -0.39 is 6.10 Å². The van der Waals surface area contributed by atoms with E-state index in [4.69, 9.17) is 4.74 Å². The third-order valence-electron chi connectivity index (χ3n) is 3.30. The number of amides is 1. The molecule has 4 heteroatoms. The van der Waals surface area contributed by atoms with Gasteiger partial charge in [0.1, 0.15) is 6.61 Å². The predicted octanol–water partition coefficient (Wildman–Crippen LogP) is 2.17. The lowest BCUT2D eigenvalue weighted by Crippen LogP contribution is -2.41. The summed E-state index contributed by atoms with van der Waals surface area (Å²) < 4.78 is 5.27. The Morgan fingerprint density at radius 3 is 2.89 bits per heavy atom. The van der Waals surface area contributed by atoms with Crippen LogP contribution < -0.4 is 0 Å². The number of aliphatic hydroxyl groups excluding tert-OH is 1. The topological polar surface area (TPSA) is 49.8 Å². The van der Waals surface area contributed by atoms with Gasteiger partial charge in [-0.1, -0.05) is 30.3 Å². The van der Waals surface area contributed by atoms with E-state index in [2.05, 4.69) is 0 Å². The van der Waals surface area contributed by atoms with Crippen molar-refractivity contribution in [3.8, 4) is 0 Å². The third kappa shape index (κ3) is 3.01. The molecule has 0 saturated carbocycles. The van der Waals surface area contributed by atoms with Crippen molar-refractivity contribution in [2.24, 2.45) is 0 Å². The summed E-state index contributed by atoms with van der Waals surface area (Å²) in [6.07, 6.45) is 0.938. The van der Waals surface area contributed by atoms with Gasteiger partial charge in [0.25, 0.3) is 0 Å². The van der Waals surface area contributed by atoms with Crippen LogP contribution in [0.2, 0.25) is 0 Å². The first kappa shape index (κ1) is 12.9. The standard InChI is InChI=1S/C14H19NO3/c1-11(16)13-8-5-9-15(13)14(17)18-10-12-6-3-2-4-7-12/h2-4,6-7,11,13,16H,5,8-10H2,1H3/t11?,13-/m1/s1. The van der Waals surface area contributed by atoms with E-state index in [0.29, 0.717) is 6.54 Å². The van der Waals surface area contributed by atoms with Crippen LogP contribution in [-0.4, -0.2) is 34.8 Å². The molecular formula is C14H19NO3. The fourth-order valence-electron chi connectivity index (χ4n) is 2.32. The second-order valence-corrected chi connectivity index (χ2v) is 4.68. The number of rotatable bonds is 3. The number of benzene rings is 1. The summed E-state index contributed by atoms with van der Waals surface area (Å²) in [6.45, 7) is 2.67. The fourth-order valence-corrected chi connectivity index (χ4v) is 2.32. The molecule has 18 heavy (non-hydrogen) atoms. The van der Waals surface area contributed by atoms with Gasteiger partial charge >= 0.3 is 6.09 Å². The first-order chi connectivity index (χ1) is 8.68. The van der Waals surface area contributed by atoms with Gasteiger partial charge in [0.05, 0.1) is 12.1 Å². The normalized spacial score (nSPS) is 20.8. The molecule has 1 unspecified atom stereocenters. The summed E-state index contributed by atoms with van der Waals surface area (Å²) in [6, 6.07) is 9.49. The first-order valence-corrected chi connectivity index (χ1v) is 6.34. The number of aliphatic hydroxyl groups is 1. The number of hydrogen-bond acceptors (Lipinski definition) is 3. The molecule has 1 aliphatic heterocycles. The first-order valence-electron chi connectivity index (χ1n) is 6.34. The Hall–Kier alpha value is -1.55. The lowest BCUT2D eigenvalue weighted by atomic mass is 10.1. The van der Waals surface area contributed by atoms with Gasteiger partial charge in [-0.25, -0.2) is 4.79 Å². The zero-order valence-corrected chi connectivity index (χ0v) is 10.6. The number of ether oxygens (including phenoxy) is 1. The number of carbonyl (C=O) groups is 1. The molecule has 0 bridgehead atoms. The highest BCUT2D eigenvalue weighted by Crippen LogP contribution is 2.21. The van der Waals surface area contributed by atoms with Crippen LogP contribution >= 0.6 is 0 Å². The van der Waals surface area contributed by atoms with Gasteiger partial charge in [-0.15, -0.1) is 0 Å². The molecule has 1 fully saturated rings. The molecule has 0 aliphatic carbocycles. The number of carbonyl (C=O) groups excluding carboxylic acids is 1. The van der Waals surface area contributed by atoms with E-state index in [1.165, 1.54) is 0 Å². The van der Waals surface area contributed by atoms with Crippen molar-refractivity contribution in [2.75, 3.05) is 6.54 Å².